The molecular formula is C22H23N5O4. The minimum absolute atomic E-state index is 0.107. The fourth-order valence-electron chi connectivity index (χ4n) is 3.38. The molecule has 9 heteroatoms. The van der Waals surface area contributed by atoms with Gasteiger partial charge in [-0.25, -0.2) is 9.97 Å². The lowest BCUT2D eigenvalue weighted by Gasteiger charge is -2.26. The van der Waals surface area contributed by atoms with Crippen molar-refractivity contribution in [2.24, 2.45) is 11.7 Å². The fraction of sp³-hybridized carbons (Fsp3) is 0.364. The molecule has 0 bridgehead atoms. The lowest BCUT2D eigenvalue weighted by Crippen LogP contribution is -2.37. The Balaban J connectivity index is 1.57. The SMILES string of the molecule is CN1CC[C@@](O)(C#Cc2cccc(-c3ncc(NCC4COC4)c(C(N)=O)n3)c2)C1=O. The van der Waals surface area contributed by atoms with Crippen LogP contribution in [0.1, 0.15) is 22.5 Å². The van der Waals surface area contributed by atoms with Crippen LogP contribution in [0.3, 0.4) is 0 Å². The molecule has 4 N–H and O–H groups in total. The quantitative estimate of drug-likeness (QED) is 0.590. The highest BCUT2D eigenvalue weighted by Gasteiger charge is 2.42. The molecular weight excluding hydrogens is 398 g/mol. The van der Waals surface area contributed by atoms with Crippen molar-refractivity contribution < 1.29 is 19.4 Å². The molecule has 0 spiro atoms. The number of nitrogens with two attached hydrogens (primary N) is 1. The molecule has 1 aromatic carbocycles. The third-order valence-electron chi connectivity index (χ3n) is 5.35. The predicted octanol–water partition coefficient (Wildman–Crippen LogP) is 0.246. The number of hydrogen-bond acceptors (Lipinski definition) is 7. The number of nitrogens with one attached hydrogen (secondary N) is 1. The lowest BCUT2D eigenvalue weighted by molar-refractivity contribution is -0.137. The molecule has 0 unspecified atom stereocenters. The third kappa shape index (κ3) is 4.35. The highest BCUT2D eigenvalue weighted by molar-refractivity contribution is 5.96. The van der Waals surface area contributed by atoms with Crippen molar-refractivity contribution >= 4 is 17.5 Å². The Kier molecular flexibility index (Phi) is 5.59. The largest absolute Gasteiger partial charge is 0.381 e. The molecule has 4 rings (SSSR count). The Labute approximate surface area is 179 Å². The minimum atomic E-state index is -1.67. The zero-order valence-corrected chi connectivity index (χ0v) is 17.1. The molecule has 1 aromatic heterocycles. The maximum absolute atomic E-state index is 12.1. The predicted molar refractivity (Wildman–Crippen MR) is 113 cm³/mol. The van der Waals surface area contributed by atoms with Crippen molar-refractivity contribution in [1.29, 1.82) is 0 Å². The van der Waals surface area contributed by atoms with Gasteiger partial charge in [0.2, 0.25) is 5.60 Å². The number of likely N-dealkylation sites (N-methyl/N-ethyl adjacent to an activating group) is 1. The van der Waals surface area contributed by atoms with Gasteiger partial charge in [-0.1, -0.05) is 24.0 Å². The van der Waals surface area contributed by atoms with E-state index in [1.807, 2.05) is 0 Å². The van der Waals surface area contributed by atoms with E-state index in [9.17, 15) is 14.7 Å². The van der Waals surface area contributed by atoms with Crippen LogP contribution >= 0.6 is 0 Å². The van der Waals surface area contributed by atoms with E-state index in [1.54, 1.807) is 31.3 Å². The van der Waals surface area contributed by atoms with Gasteiger partial charge in [-0.2, -0.15) is 0 Å². The summed E-state index contributed by atoms with van der Waals surface area (Å²) >= 11 is 0. The zero-order valence-electron chi connectivity index (χ0n) is 17.1. The van der Waals surface area contributed by atoms with Crippen molar-refractivity contribution in [3.8, 4) is 23.2 Å². The van der Waals surface area contributed by atoms with Gasteiger partial charge in [-0.3, -0.25) is 9.59 Å². The van der Waals surface area contributed by atoms with Crippen LogP contribution in [0.25, 0.3) is 11.4 Å². The smallest absolute Gasteiger partial charge is 0.269 e. The molecule has 2 aliphatic heterocycles. The number of carbonyl (C=O) groups excluding carboxylic acids is 2. The van der Waals surface area contributed by atoms with E-state index in [2.05, 4.69) is 27.1 Å². The second kappa shape index (κ2) is 8.34. The van der Waals surface area contributed by atoms with Crippen LogP contribution in [0, 0.1) is 17.8 Å². The fourth-order valence-corrected chi connectivity index (χ4v) is 3.38. The summed E-state index contributed by atoms with van der Waals surface area (Å²) in [5.74, 6) is 5.21. The molecule has 0 saturated carbocycles. The normalized spacial score (nSPS) is 20.7. The van der Waals surface area contributed by atoms with Crippen molar-refractivity contribution in [3.05, 3.63) is 41.7 Å². The van der Waals surface area contributed by atoms with Gasteiger partial charge in [0.15, 0.2) is 11.5 Å². The molecule has 0 radical (unpaired) electrons. The van der Waals surface area contributed by atoms with Crippen LogP contribution in [0.5, 0.6) is 0 Å². The van der Waals surface area contributed by atoms with Gasteiger partial charge in [0, 0.05) is 43.6 Å². The number of ether oxygens (including phenoxy) is 1. The Bertz CT molecular complexity index is 1090. The first-order valence-electron chi connectivity index (χ1n) is 9.96. The number of anilines is 1. The van der Waals surface area contributed by atoms with E-state index < -0.39 is 17.4 Å². The van der Waals surface area contributed by atoms with Crippen molar-refractivity contribution in [2.45, 2.75) is 12.0 Å². The molecule has 2 aromatic rings. The number of carbonyl (C=O) groups is 2. The highest BCUT2D eigenvalue weighted by atomic mass is 16.5. The summed E-state index contributed by atoms with van der Waals surface area (Å²) in [6.07, 6.45) is 1.80. The van der Waals surface area contributed by atoms with Gasteiger partial charge in [-0.15, -0.1) is 0 Å². The molecule has 0 aliphatic carbocycles. The summed E-state index contributed by atoms with van der Waals surface area (Å²) in [4.78, 5) is 34.2. The van der Waals surface area contributed by atoms with Gasteiger partial charge < -0.3 is 25.8 Å². The van der Waals surface area contributed by atoms with Crippen LogP contribution in [0.4, 0.5) is 5.69 Å². The lowest BCUT2D eigenvalue weighted by atomic mass is 10.0. The zero-order chi connectivity index (χ0) is 22.0. The maximum Gasteiger partial charge on any atom is 0.269 e. The summed E-state index contributed by atoms with van der Waals surface area (Å²) in [6, 6.07) is 7.04. The van der Waals surface area contributed by atoms with E-state index in [1.165, 1.54) is 11.1 Å². The minimum Gasteiger partial charge on any atom is -0.381 e. The molecule has 31 heavy (non-hydrogen) atoms. The molecule has 2 aliphatic rings. The van der Waals surface area contributed by atoms with E-state index in [0.717, 1.165) is 0 Å². The Morgan fingerprint density at radius 3 is 2.90 bits per heavy atom. The summed E-state index contributed by atoms with van der Waals surface area (Å²) < 4.78 is 5.15. The molecule has 1 atom stereocenters. The number of hydrogen-bond donors (Lipinski definition) is 3. The second-order valence-electron chi connectivity index (χ2n) is 7.77. The Morgan fingerprint density at radius 2 is 2.26 bits per heavy atom. The van der Waals surface area contributed by atoms with Crippen LogP contribution in [0.2, 0.25) is 0 Å². The monoisotopic (exact) mass is 421 g/mol. The number of nitrogens with zero attached hydrogens (tertiary/aromatic N) is 3. The van der Waals surface area contributed by atoms with Crippen LogP contribution in [0.15, 0.2) is 30.5 Å². The number of aromatic nitrogens is 2. The van der Waals surface area contributed by atoms with E-state index in [4.69, 9.17) is 10.5 Å². The van der Waals surface area contributed by atoms with E-state index in [-0.39, 0.29) is 12.1 Å². The first-order chi connectivity index (χ1) is 14.9. The molecule has 2 saturated heterocycles. The summed E-state index contributed by atoms with van der Waals surface area (Å²) in [6.45, 7) is 2.47. The maximum atomic E-state index is 12.1. The van der Waals surface area contributed by atoms with Crippen LogP contribution in [-0.4, -0.2) is 70.7 Å². The molecule has 3 heterocycles. The summed E-state index contributed by atoms with van der Waals surface area (Å²) in [5, 5.41) is 13.6. The van der Waals surface area contributed by atoms with Crippen molar-refractivity contribution in [3.63, 3.8) is 0 Å². The highest BCUT2D eigenvalue weighted by Crippen LogP contribution is 2.23. The van der Waals surface area contributed by atoms with E-state index in [0.29, 0.717) is 54.9 Å². The average Bonchev–Trinajstić information content (AvgIpc) is 2.99. The van der Waals surface area contributed by atoms with Gasteiger partial charge in [0.1, 0.15) is 0 Å². The van der Waals surface area contributed by atoms with Gasteiger partial charge in [-0.05, 0) is 12.1 Å². The first-order valence-corrected chi connectivity index (χ1v) is 9.96. The summed E-state index contributed by atoms with van der Waals surface area (Å²) in [7, 11) is 1.63. The summed E-state index contributed by atoms with van der Waals surface area (Å²) in [5.41, 5.74) is 5.66. The van der Waals surface area contributed by atoms with Gasteiger partial charge in [0.25, 0.3) is 11.8 Å². The third-order valence-corrected chi connectivity index (χ3v) is 5.35. The molecule has 160 valence electrons. The number of rotatable bonds is 5. The van der Waals surface area contributed by atoms with E-state index >= 15 is 0 Å². The first kappa shape index (κ1) is 20.8. The number of benzene rings is 1. The van der Waals surface area contributed by atoms with Crippen molar-refractivity contribution in [2.75, 3.05) is 38.7 Å². The number of amides is 2. The van der Waals surface area contributed by atoms with Crippen LogP contribution in [-0.2, 0) is 9.53 Å². The number of primary amides is 1. The van der Waals surface area contributed by atoms with Gasteiger partial charge >= 0.3 is 0 Å². The van der Waals surface area contributed by atoms with Crippen LogP contribution < -0.4 is 11.1 Å². The molecule has 9 nitrogen and oxygen atoms in total. The number of aliphatic hydroxyl groups is 1. The second-order valence-corrected chi connectivity index (χ2v) is 7.77. The topological polar surface area (TPSA) is 131 Å². The van der Waals surface area contributed by atoms with Gasteiger partial charge in [0.05, 0.1) is 25.1 Å². The average molecular weight is 421 g/mol. The molecule has 2 fully saturated rings. The standard InChI is InChI=1S/C22H23N5O4/c1-27-8-7-22(30,21(27)29)6-5-14-3-2-4-16(9-14)20-25-11-17(18(26-20)19(23)28)24-10-15-12-31-13-15/h2-4,9,11,15,24,30H,7-8,10,12-13H2,1H3,(H2,23,28)/t22-/m0/s1. The molecule has 2 amide bonds. The number of likely N-dealkylation sites (tertiary alicyclic amines) is 1. The van der Waals surface area contributed by atoms with Crippen molar-refractivity contribution in [1.82, 2.24) is 14.9 Å². The Morgan fingerprint density at radius 1 is 1.45 bits per heavy atom. The Hall–Kier alpha value is -3.48.